The molecule has 0 radical (unpaired) electrons. The van der Waals surface area contributed by atoms with Crippen LogP contribution in [0.1, 0.15) is 12.5 Å². The van der Waals surface area contributed by atoms with Gasteiger partial charge in [0.1, 0.15) is 6.61 Å². The van der Waals surface area contributed by atoms with Gasteiger partial charge in [-0.3, -0.25) is 0 Å². The first-order chi connectivity index (χ1) is 6.25. The monoisotopic (exact) mass is 178 g/mol. The number of anilines is 1. The number of rotatable bonds is 3. The van der Waals surface area contributed by atoms with E-state index in [0.29, 0.717) is 18.2 Å². The van der Waals surface area contributed by atoms with Crippen LogP contribution in [0.15, 0.2) is 24.4 Å². The summed E-state index contributed by atoms with van der Waals surface area (Å²) in [5, 5.41) is 0. The summed E-state index contributed by atoms with van der Waals surface area (Å²) in [7, 11) is 0. The van der Waals surface area contributed by atoms with Gasteiger partial charge in [0.2, 0.25) is 5.88 Å². The summed E-state index contributed by atoms with van der Waals surface area (Å²) in [6, 6.07) is 1.86. The molecule has 1 aromatic heterocycles. The highest BCUT2D eigenvalue weighted by Gasteiger charge is 2.02. The fourth-order valence-electron chi connectivity index (χ4n) is 0.883. The van der Waals surface area contributed by atoms with Gasteiger partial charge >= 0.3 is 0 Å². The number of hydrogen-bond donors (Lipinski definition) is 1. The summed E-state index contributed by atoms with van der Waals surface area (Å²) in [5.74, 6) is 0.512. The molecule has 0 spiro atoms. The summed E-state index contributed by atoms with van der Waals surface area (Å²) in [5.41, 5.74) is 7.36. The molecular weight excluding hydrogens is 164 g/mol. The topological polar surface area (TPSA) is 48.1 Å². The molecule has 0 aliphatic carbocycles. The van der Waals surface area contributed by atoms with Crippen molar-refractivity contribution in [3.05, 3.63) is 30.0 Å². The molecule has 1 rings (SSSR count). The second-order valence-corrected chi connectivity index (χ2v) is 2.73. The highest BCUT2D eigenvalue weighted by molar-refractivity contribution is 5.53. The lowest BCUT2D eigenvalue weighted by Crippen LogP contribution is -2.01. The Bertz CT molecular complexity index is 308. The lowest BCUT2D eigenvalue weighted by molar-refractivity contribution is 0.350. The maximum absolute atomic E-state index is 5.75. The van der Waals surface area contributed by atoms with E-state index in [2.05, 4.69) is 4.98 Å². The van der Waals surface area contributed by atoms with Crippen LogP contribution in [0.25, 0.3) is 0 Å². The van der Waals surface area contributed by atoms with Crippen molar-refractivity contribution in [1.29, 1.82) is 0 Å². The van der Waals surface area contributed by atoms with E-state index >= 15 is 0 Å². The van der Waals surface area contributed by atoms with Crippen LogP contribution in [-0.4, -0.2) is 11.6 Å². The summed E-state index contributed by atoms with van der Waals surface area (Å²) < 4.78 is 5.34. The van der Waals surface area contributed by atoms with Crippen LogP contribution in [0.2, 0.25) is 0 Å². The van der Waals surface area contributed by atoms with Crippen molar-refractivity contribution >= 4 is 5.69 Å². The highest BCUT2D eigenvalue weighted by Crippen LogP contribution is 2.20. The molecule has 1 heterocycles. The standard InChI is InChI=1S/C10H14N2O/c1-3-4-7-13-10-9(11)8(2)5-6-12-10/h3-6H,7,11H2,1-2H3/b4-3+. The Morgan fingerprint density at radius 3 is 3.08 bits per heavy atom. The van der Waals surface area contributed by atoms with Crippen LogP contribution >= 0.6 is 0 Å². The number of allylic oxidation sites excluding steroid dienone is 1. The Morgan fingerprint density at radius 1 is 1.62 bits per heavy atom. The average Bonchev–Trinajstić information content (AvgIpc) is 2.13. The third-order valence-electron chi connectivity index (χ3n) is 1.72. The molecule has 0 fully saturated rings. The lowest BCUT2D eigenvalue weighted by Gasteiger charge is -2.06. The van der Waals surface area contributed by atoms with E-state index in [1.165, 1.54) is 0 Å². The molecule has 70 valence electrons. The molecule has 0 amide bonds. The summed E-state index contributed by atoms with van der Waals surface area (Å²) >= 11 is 0. The minimum Gasteiger partial charge on any atom is -0.472 e. The van der Waals surface area contributed by atoms with E-state index in [4.69, 9.17) is 10.5 Å². The smallest absolute Gasteiger partial charge is 0.237 e. The fraction of sp³-hybridized carbons (Fsp3) is 0.300. The third kappa shape index (κ3) is 2.47. The molecule has 0 aliphatic heterocycles. The zero-order valence-corrected chi connectivity index (χ0v) is 7.95. The maximum Gasteiger partial charge on any atom is 0.237 e. The van der Waals surface area contributed by atoms with Crippen LogP contribution in [-0.2, 0) is 0 Å². The van der Waals surface area contributed by atoms with Gasteiger partial charge in [-0.15, -0.1) is 0 Å². The van der Waals surface area contributed by atoms with Crippen molar-refractivity contribution in [2.45, 2.75) is 13.8 Å². The number of nitrogens with two attached hydrogens (primary N) is 1. The van der Waals surface area contributed by atoms with Gasteiger partial charge < -0.3 is 10.5 Å². The van der Waals surface area contributed by atoms with E-state index in [1.807, 2.05) is 32.1 Å². The minimum atomic E-state index is 0.511. The lowest BCUT2D eigenvalue weighted by atomic mass is 10.2. The second-order valence-electron chi connectivity index (χ2n) is 2.73. The molecule has 0 bridgehead atoms. The largest absolute Gasteiger partial charge is 0.472 e. The van der Waals surface area contributed by atoms with E-state index in [1.54, 1.807) is 6.20 Å². The quantitative estimate of drug-likeness (QED) is 0.719. The first-order valence-electron chi connectivity index (χ1n) is 4.20. The molecule has 0 unspecified atom stereocenters. The van der Waals surface area contributed by atoms with Gasteiger partial charge in [0.25, 0.3) is 0 Å². The normalized spacial score (nSPS) is 10.6. The number of nitrogen functional groups attached to an aromatic ring is 1. The van der Waals surface area contributed by atoms with Crippen molar-refractivity contribution in [3.8, 4) is 5.88 Å². The predicted octanol–water partition coefficient (Wildman–Crippen LogP) is 1.93. The summed E-state index contributed by atoms with van der Waals surface area (Å²) in [6.45, 7) is 4.38. The van der Waals surface area contributed by atoms with Crippen molar-refractivity contribution < 1.29 is 4.74 Å². The Kier molecular flexibility index (Phi) is 3.31. The van der Waals surface area contributed by atoms with Crippen LogP contribution < -0.4 is 10.5 Å². The van der Waals surface area contributed by atoms with Gasteiger partial charge in [-0.05, 0) is 25.5 Å². The molecule has 0 saturated carbocycles. The Labute approximate surface area is 78.2 Å². The molecule has 0 aliphatic rings. The van der Waals surface area contributed by atoms with Crippen molar-refractivity contribution in [2.24, 2.45) is 0 Å². The van der Waals surface area contributed by atoms with Gasteiger partial charge in [-0.2, -0.15) is 0 Å². The number of pyridine rings is 1. The summed E-state index contributed by atoms with van der Waals surface area (Å²) in [6.07, 6.45) is 5.52. The highest BCUT2D eigenvalue weighted by atomic mass is 16.5. The molecular formula is C10H14N2O. The Morgan fingerprint density at radius 2 is 2.38 bits per heavy atom. The zero-order valence-electron chi connectivity index (χ0n) is 7.95. The van der Waals surface area contributed by atoms with Gasteiger partial charge in [0.15, 0.2) is 0 Å². The molecule has 0 saturated heterocycles. The van der Waals surface area contributed by atoms with Crippen molar-refractivity contribution in [3.63, 3.8) is 0 Å². The van der Waals surface area contributed by atoms with E-state index in [-0.39, 0.29) is 0 Å². The van der Waals surface area contributed by atoms with E-state index in [0.717, 1.165) is 5.56 Å². The second kappa shape index (κ2) is 4.50. The molecule has 2 N–H and O–H groups in total. The summed E-state index contributed by atoms with van der Waals surface area (Å²) in [4.78, 5) is 4.03. The van der Waals surface area contributed by atoms with E-state index in [9.17, 15) is 0 Å². The molecule has 1 aromatic rings. The number of ether oxygens (including phenoxy) is 1. The van der Waals surface area contributed by atoms with Gasteiger partial charge in [-0.1, -0.05) is 12.2 Å². The number of aromatic nitrogens is 1. The predicted molar refractivity (Wildman–Crippen MR) is 53.7 cm³/mol. The molecule has 0 aromatic carbocycles. The van der Waals surface area contributed by atoms with Crippen molar-refractivity contribution in [1.82, 2.24) is 4.98 Å². The average molecular weight is 178 g/mol. The third-order valence-corrected chi connectivity index (χ3v) is 1.72. The van der Waals surface area contributed by atoms with Crippen LogP contribution in [0.5, 0.6) is 5.88 Å². The molecule has 13 heavy (non-hydrogen) atoms. The fourth-order valence-corrected chi connectivity index (χ4v) is 0.883. The Hall–Kier alpha value is -1.51. The first-order valence-corrected chi connectivity index (χ1v) is 4.20. The SMILES string of the molecule is C/C=C/COc1nccc(C)c1N. The van der Waals surface area contributed by atoms with Crippen molar-refractivity contribution in [2.75, 3.05) is 12.3 Å². The number of aryl methyl sites for hydroxylation is 1. The maximum atomic E-state index is 5.75. The number of hydrogen-bond acceptors (Lipinski definition) is 3. The van der Waals surface area contributed by atoms with Gasteiger partial charge in [-0.25, -0.2) is 4.98 Å². The zero-order chi connectivity index (χ0) is 9.68. The van der Waals surface area contributed by atoms with Crippen LogP contribution in [0.3, 0.4) is 0 Å². The minimum absolute atomic E-state index is 0.511. The molecule has 3 nitrogen and oxygen atoms in total. The van der Waals surface area contributed by atoms with Crippen LogP contribution in [0, 0.1) is 6.92 Å². The van der Waals surface area contributed by atoms with Crippen LogP contribution in [0.4, 0.5) is 5.69 Å². The Balaban J connectivity index is 2.71. The molecule has 0 atom stereocenters. The van der Waals surface area contributed by atoms with Gasteiger partial charge in [0, 0.05) is 6.20 Å². The van der Waals surface area contributed by atoms with Gasteiger partial charge in [0.05, 0.1) is 5.69 Å². The van der Waals surface area contributed by atoms with E-state index < -0.39 is 0 Å². The first kappa shape index (κ1) is 9.58. The number of nitrogens with zero attached hydrogens (tertiary/aromatic N) is 1. The molecule has 3 heteroatoms.